The average molecular weight is 603 g/mol. The molecule has 0 aliphatic rings. The molecule has 2 aromatic carbocycles. The van der Waals surface area contributed by atoms with Crippen molar-refractivity contribution in [2.45, 2.75) is 33.7 Å². The number of allylic oxidation sites excluding steroid dienone is 1. The number of benzene rings is 2. The molecule has 0 aromatic heterocycles. The molecule has 0 unspecified atom stereocenters. The second kappa shape index (κ2) is 8.87. The third-order valence-corrected chi connectivity index (χ3v) is 8.14. The molecule has 0 aliphatic carbocycles. The topological polar surface area (TPSA) is 109 Å². The van der Waals surface area contributed by atoms with Gasteiger partial charge in [-0.05, 0) is 48.9 Å². The van der Waals surface area contributed by atoms with Gasteiger partial charge in [0.05, 0.1) is 21.0 Å². The van der Waals surface area contributed by atoms with Gasteiger partial charge >= 0.3 is 16.4 Å². The molecule has 2 aromatic rings. The molecule has 0 aliphatic heterocycles. The Morgan fingerprint density at radius 1 is 0.919 bits per heavy atom. The van der Waals surface area contributed by atoms with Gasteiger partial charge in [0.15, 0.2) is 9.84 Å². The molecule has 7 nitrogen and oxygen atoms in total. The maximum absolute atomic E-state index is 12.9. The smallest absolute Gasteiger partial charge is 0.326 e. The minimum Gasteiger partial charge on any atom is -0.326 e. The maximum atomic E-state index is 12.9. The minimum atomic E-state index is -10.1. The molecule has 1 amide bonds. The van der Waals surface area contributed by atoms with Gasteiger partial charge in [-0.2, -0.15) is 13.2 Å². The number of halogens is 8. The predicted octanol–water partition coefficient (Wildman–Crippen LogP) is 6.13. The Kier molecular flexibility index (Phi) is 7.28. The van der Waals surface area contributed by atoms with Crippen LogP contribution in [0.2, 0.25) is 0 Å². The summed E-state index contributed by atoms with van der Waals surface area (Å²) < 4.78 is 153. The molecular formula is C19H18F8N2O5S3. The quantitative estimate of drug-likeness (QED) is 0.336. The Hall–Kier alpha value is -2.86. The van der Waals surface area contributed by atoms with Crippen molar-refractivity contribution >= 4 is 41.7 Å². The fraction of sp³-hybridized carbons (Fsp3) is 0.211. The van der Waals surface area contributed by atoms with Gasteiger partial charge < -0.3 is 5.32 Å². The van der Waals surface area contributed by atoms with E-state index in [-0.39, 0.29) is 24.3 Å². The van der Waals surface area contributed by atoms with Crippen molar-refractivity contribution < 1.29 is 54.2 Å². The summed E-state index contributed by atoms with van der Waals surface area (Å²) in [7, 11) is -18.9. The van der Waals surface area contributed by atoms with E-state index >= 15 is 0 Å². The largest absolute Gasteiger partial charge is 0.389 e. The van der Waals surface area contributed by atoms with Crippen LogP contribution in [0, 0.1) is 0 Å². The molecule has 0 radical (unpaired) electrons. The van der Waals surface area contributed by atoms with Crippen LogP contribution in [-0.2, 0) is 19.9 Å². The lowest BCUT2D eigenvalue weighted by Crippen LogP contribution is -2.25. The third-order valence-electron chi connectivity index (χ3n) is 4.49. The fourth-order valence-corrected chi connectivity index (χ4v) is 5.07. The van der Waals surface area contributed by atoms with Crippen LogP contribution >= 0.6 is 10.2 Å². The van der Waals surface area contributed by atoms with Crippen LogP contribution in [0.4, 0.5) is 38.3 Å². The zero-order valence-electron chi connectivity index (χ0n) is 18.5. The van der Waals surface area contributed by atoms with Crippen LogP contribution in [0.3, 0.4) is 0 Å². The Morgan fingerprint density at radius 3 is 1.89 bits per heavy atom. The van der Waals surface area contributed by atoms with Gasteiger partial charge in [0.2, 0.25) is 0 Å². The number of carbonyl (C=O) groups is 1. The number of alkyl halides is 3. The zero-order valence-corrected chi connectivity index (χ0v) is 20.9. The van der Waals surface area contributed by atoms with Gasteiger partial charge in [0, 0.05) is 18.4 Å². The van der Waals surface area contributed by atoms with E-state index in [1.807, 2.05) is 10.0 Å². The first kappa shape index (κ1) is 30.4. The third kappa shape index (κ3) is 8.60. The van der Waals surface area contributed by atoms with Crippen molar-refractivity contribution in [3.05, 3.63) is 60.3 Å². The summed E-state index contributed by atoms with van der Waals surface area (Å²) in [4.78, 5) is 8.88. The van der Waals surface area contributed by atoms with Crippen molar-refractivity contribution in [2.75, 3.05) is 11.0 Å². The fourth-order valence-electron chi connectivity index (χ4n) is 2.69. The van der Waals surface area contributed by atoms with Gasteiger partial charge in [-0.3, -0.25) is 9.52 Å². The normalized spacial score (nSPS) is 14.8. The van der Waals surface area contributed by atoms with Crippen LogP contribution < -0.4 is 10.0 Å². The molecule has 208 valence electrons. The number of amides is 1. The monoisotopic (exact) mass is 602 g/mol. The van der Waals surface area contributed by atoms with E-state index in [0.717, 1.165) is 18.4 Å². The first-order valence-corrected chi connectivity index (χ1v) is 14.9. The lowest BCUT2D eigenvalue weighted by molar-refractivity contribution is -0.134. The number of nitrogens with one attached hydrogen (secondary N) is 2. The number of carbonyl (C=O) groups excluding carboxylic acids is 1. The molecule has 0 heterocycles. The van der Waals surface area contributed by atoms with Crippen LogP contribution in [-0.4, -0.2) is 35.2 Å². The molecule has 0 atom stereocenters. The van der Waals surface area contributed by atoms with E-state index in [9.17, 15) is 54.2 Å². The van der Waals surface area contributed by atoms with Crippen LogP contribution in [0.5, 0.6) is 0 Å². The summed E-state index contributed by atoms with van der Waals surface area (Å²) in [6, 6.07) is 2.56. The maximum Gasteiger partial charge on any atom is 0.389 e. The van der Waals surface area contributed by atoms with E-state index in [2.05, 4.69) is 6.58 Å². The van der Waals surface area contributed by atoms with E-state index in [1.54, 1.807) is 0 Å². The lowest BCUT2D eigenvalue weighted by Gasteiger charge is -2.40. The molecule has 37 heavy (non-hydrogen) atoms. The van der Waals surface area contributed by atoms with Gasteiger partial charge in [0.1, 0.15) is 4.90 Å². The summed E-state index contributed by atoms with van der Waals surface area (Å²) in [5.74, 6) is -1.26. The number of rotatable bonds is 9. The van der Waals surface area contributed by atoms with Crippen molar-refractivity contribution in [3.63, 3.8) is 0 Å². The number of hydrogen-bond donors (Lipinski definition) is 2. The average Bonchev–Trinajstić information content (AvgIpc) is 2.69. The molecule has 0 bridgehead atoms. The van der Waals surface area contributed by atoms with Gasteiger partial charge in [-0.15, -0.1) is 0 Å². The highest BCUT2D eigenvalue weighted by Crippen LogP contribution is 3.02. The molecular weight excluding hydrogens is 584 g/mol. The second-order valence-electron chi connectivity index (χ2n) is 7.70. The van der Waals surface area contributed by atoms with Crippen molar-refractivity contribution in [3.8, 4) is 0 Å². The summed E-state index contributed by atoms with van der Waals surface area (Å²) in [6.07, 6.45) is -5.95. The highest BCUT2D eigenvalue weighted by molar-refractivity contribution is 8.45. The van der Waals surface area contributed by atoms with E-state index in [0.29, 0.717) is 6.07 Å². The first-order valence-electron chi connectivity index (χ1n) is 9.55. The summed E-state index contributed by atoms with van der Waals surface area (Å²) in [6.45, 7) is 3.25. The number of hydrogen-bond acceptors (Lipinski definition) is 5. The van der Waals surface area contributed by atoms with E-state index < -0.39 is 86.6 Å². The predicted molar refractivity (Wildman–Crippen MR) is 120 cm³/mol. The Balaban J connectivity index is 2.45. The number of sulfone groups is 1. The van der Waals surface area contributed by atoms with Crippen molar-refractivity contribution in [2.24, 2.45) is 0 Å². The van der Waals surface area contributed by atoms with Crippen molar-refractivity contribution in [1.29, 1.82) is 0 Å². The summed E-state index contributed by atoms with van der Waals surface area (Å²) in [5, 5.41) is 1.98. The minimum absolute atomic E-state index is 0.152. The molecule has 0 spiro atoms. The molecule has 0 saturated carbocycles. The molecule has 0 fully saturated rings. The number of sulfonamides is 1. The Morgan fingerprint density at radius 2 is 1.43 bits per heavy atom. The summed E-state index contributed by atoms with van der Waals surface area (Å²) >= 11 is 0. The van der Waals surface area contributed by atoms with E-state index in [1.165, 1.54) is 0 Å². The molecule has 18 heteroatoms. The summed E-state index contributed by atoms with van der Waals surface area (Å²) in [5.41, 5.74) is -1.75. The Labute approximate surface area is 206 Å². The van der Waals surface area contributed by atoms with Crippen LogP contribution in [0.25, 0.3) is 0 Å². The number of anilines is 1. The SMILES string of the molecule is C=C(CCC(F)(F)F)NC(=O)c1cc(S(C)(=O)=O)ccc1NS(=O)(=O)c1ccc(S(F)(F)(F)(F)F)cc1. The van der Waals surface area contributed by atoms with Gasteiger partial charge in [0.25, 0.3) is 15.9 Å². The Bertz CT molecular complexity index is 1450. The zero-order chi connectivity index (χ0) is 28.7. The first-order chi connectivity index (χ1) is 16.3. The van der Waals surface area contributed by atoms with Gasteiger partial charge in [-0.25, -0.2) is 16.8 Å². The molecule has 2 N–H and O–H groups in total. The van der Waals surface area contributed by atoms with E-state index in [4.69, 9.17) is 0 Å². The lowest BCUT2D eigenvalue weighted by atomic mass is 10.1. The molecule has 0 saturated heterocycles. The van der Waals surface area contributed by atoms with Crippen LogP contribution in [0.15, 0.2) is 69.4 Å². The van der Waals surface area contributed by atoms with Crippen molar-refractivity contribution in [1.82, 2.24) is 5.32 Å². The highest BCUT2D eigenvalue weighted by atomic mass is 32.5. The second-order valence-corrected chi connectivity index (χ2v) is 13.8. The van der Waals surface area contributed by atoms with Crippen LogP contribution in [0.1, 0.15) is 23.2 Å². The standard InChI is InChI=1S/C19H18F8N2O5S3/c1-12(9-10-19(20,21)22)28-18(30)16-11-14(35(2,31)32)5-8-17(16)29-36(33,34)13-3-6-15(7-4-13)37(23,24,25,26)27/h3-8,11,29H,1,9-10H2,2H3,(H,28,30). The molecule has 2 rings (SSSR count). The highest BCUT2D eigenvalue weighted by Gasteiger charge is 2.65. The van der Waals surface area contributed by atoms with Gasteiger partial charge in [-0.1, -0.05) is 26.0 Å².